The molecule has 7 heteroatoms. The molecule has 0 atom stereocenters. The Morgan fingerprint density at radius 1 is 0.674 bits per heavy atom. The van der Waals surface area contributed by atoms with Crippen molar-refractivity contribution in [2.24, 2.45) is 0 Å². The van der Waals surface area contributed by atoms with Gasteiger partial charge < -0.3 is 19.3 Å². The summed E-state index contributed by atoms with van der Waals surface area (Å²) >= 11 is 0. The van der Waals surface area contributed by atoms with Crippen LogP contribution in [0.3, 0.4) is 0 Å². The van der Waals surface area contributed by atoms with Gasteiger partial charge in [-0.1, -0.05) is 55.7 Å². The molecule has 2 saturated heterocycles. The molecular formula is C39H54N2O4Si. The molecule has 248 valence electrons. The summed E-state index contributed by atoms with van der Waals surface area (Å²) in [7, 11) is -1.33. The molecule has 0 spiro atoms. The van der Waals surface area contributed by atoms with Gasteiger partial charge in [-0.3, -0.25) is 0 Å². The van der Waals surface area contributed by atoms with E-state index in [-0.39, 0.29) is 12.2 Å². The van der Waals surface area contributed by atoms with Crippen molar-refractivity contribution < 1.29 is 19.1 Å². The maximum absolute atomic E-state index is 12.1. The summed E-state index contributed by atoms with van der Waals surface area (Å²) < 4.78 is 10.9. The highest BCUT2D eigenvalue weighted by Gasteiger charge is 2.28. The number of likely N-dealkylation sites (tertiary alicyclic amines) is 2. The molecule has 0 aromatic heterocycles. The van der Waals surface area contributed by atoms with Crippen LogP contribution >= 0.6 is 0 Å². The van der Waals surface area contributed by atoms with Crippen molar-refractivity contribution in [2.75, 3.05) is 26.2 Å². The number of amides is 2. The van der Waals surface area contributed by atoms with Crippen LogP contribution in [0.2, 0.25) is 19.6 Å². The Bertz CT molecular complexity index is 1400. The molecule has 4 rings (SSSR count). The van der Waals surface area contributed by atoms with Gasteiger partial charge in [-0.05, 0) is 114 Å². The molecule has 0 N–H and O–H groups in total. The van der Waals surface area contributed by atoms with E-state index in [1.165, 1.54) is 11.1 Å². The van der Waals surface area contributed by atoms with Crippen molar-refractivity contribution in [2.45, 2.75) is 110 Å². The predicted molar refractivity (Wildman–Crippen MR) is 191 cm³/mol. The summed E-state index contributed by atoms with van der Waals surface area (Å²) in [5.41, 5.74) is 7.20. The lowest BCUT2D eigenvalue weighted by Crippen LogP contribution is -2.41. The minimum atomic E-state index is -1.33. The van der Waals surface area contributed by atoms with Crippen LogP contribution in [0.15, 0.2) is 48.5 Å². The number of piperidine rings is 2. The summed E-state index contributed by atoms with van der Waals surface area (Å²) in [6.45, 7) is 21.2. The summed E-state index contributed by atoms with van der Waals surface area (Å²) in [6.07, 6.45) is 8.88. The molecule has 2 amide bonds. The fourth-order valence-electron chi connectivity index (χ4n) is 5.39. The number of benzene rings is 2. The highest BCUT2D eigenvalue weighted by molar-refractivity contribution is 6.83. The van der Waals surface area contributed by atoms with Gasteiger partial charge in [0.25, 0.3) is 0 Å². The van der Waals surface area contributed by atoms with Gasteiger partial charge in [-0.2, -0.15) is 0 Å². The molecule has 2 aliphatic rings. The Morgan fingerprint density at radius 2 is 1.02 bits per heavy atom. The lowest BCUT2D eigenvalue weighted by molar-refractivity contribution is 0.0194. The second-order valence-corrected chi connectivity index (χ2v) is 20.1. The Labute approximate surface area is 279 Å². The Balaban J connectivity index is 0.000000254. The van der Waals surface area contributed by atoms with Crippen molar-refractivity contribution >= 4 is 20.3 Å². The molecule has 0 bridgehead atoms. The lowest BCUT2D eigenvalue weighted by atomic mass is 9.89. The van der Waals surface area contributed by atoms with E-state index in [2.05, 4.69) is 73.4 Å². The van der Waals surface area contributed by atoms with Crippen LogP contribution in [0.25, 0.3) is 0 Å². The lowest BCUT2D eigenvalue weighted by Gasteiger charge is -2.33. The van der Waals surface area contributed by atoms with Crippen molar-refractivity contribution in [3.8, 4) is 23.8 Å². The molecule has 2 heterocycles. The molecule has 0 aliphatic carbocycles. The number of ether oxygens (including phenoxy) is 2. The first kappa shape index (κ1) is 36.8. The minimum Gasteiger partial charge on any atom is -0.444 e. The van der Waals surface area contributed by atoms with Crippen molar-refractivity contribution in [1.82, 2.24) is 9.80 Å². The molecule has 46 heavy (non-hydrogen) atoms. The molecule has 2 aromatic rings. The maximum Gasteiger partial charge on any atom is 0.410 e. The molecular weight excluding hydrogens is 589 g/mol. The summed E-state index contributed by atoms with van der Waals surface area (Å²) in [5.74, 6) is 6.94. The number of rotatable bonds is 2. The molecule has 2 fully saturated rings. The van der Waals surface area contributed by atoms with Crippen molar-refractivity contribution in [1.29, 1.82) is 0 Å². The third-order valence-corrected chi connectivity index (χ3v) is 8.68. The van der Waals surface area contributed by atoms with Crippen LogP contribution in [0.1, 0.15) is 101 Å². The average Bonchev–Trinajstić information content (AvgIpc) is 2.99. The summed E-state index contributed by atoms with van der Waals surface area (Å²) in [4.78, 5) is 27.8. The largest absolute Gasteiger partial charge is 0.444 e. The third-order valence-electron chi connectivity index (χ3n) is 7.81. The van der Waals surface area contributed by atoms with E-state index < -0.39 is 19.3 Å². The van der Waals surface area contributed by atoms with Gasteiger partial charge in [-0.25, -0.2) is 9.59 Å². The van der Waals surface area contributed by atoms with Crippen LogP contribution in [-0.2, 0) is 9.47 Å². The van der Waals surface area contributed by atoms with Crippen molar-refractivity contribution in [3.05, 3.63) is 70.8 Å². The second-order valence-electron chi connectivity index (χ2n) is 15.4. The standard InChI is InChI=1S/C21H31NO2Si.C18H23NO2/c1-21(2,3)24-20(23)22-14-11-19(12-15-22)18-9-7-17(8-10-18)13-16-25(4,5)6;1-5-14-6-8-15(9-7-14)16-10-12-19(13-11-16)17(20)21-18(2,3)4/h7-10,19H,11-12,14-15H2,1-6H3;1,6-9,16H,10-13H2,2-4H3. The summed E-state index contributed by atoms with van der Waals surface area (Å²) in [5, 5.41) is 0. The van der Waals surface area contributed by atoms with Crippen molar-refractivity contribution in [3.63, 3.8) is 0 Å². The zero-order chi connectivity index (χ0) is 34.1. The number of carbonyl (C=O) groups excluding carboxylic acids is 2. The first-order valence-electron chi connectivity index (χ1n) is 16.6. The van der Waals surface area contributed by atoms with Gasteiger partial charge in [0.1, 0.15) is 19.3 Å². The number of carbonyl (C=O) groups is 2. The zero-order valence-electron chi connectivity index (χ0n) is 29.5. The highest BCUT2D eigenvalue weighted by Crippen LogP contribution is 2.30. The van der Waals surface area contributed by atoms with Gasteiger partial charge in [0.05, 0.1) is 0 Å². The minimum absolute atomic E-state index is 0.192. The van der Waals surface area contributed by atoms with E-state index in [4.69, 9.17) is 15.9 Å². The van der Waals surface area contributed by atoms with Gasteiger partial charge >= 0.3 is 12.2 Å². The van der Waals surface area contributed by atoms with E-state index in [1.807, 2.05) is 58.6 Å². The van der Waals surface area contributed by atoms with E-state index in [9.17, 15) is 9.59 Å². The van der Waals surface area contributed by atoms with Crippen LogP contribution in [-0.4, -0.2) is 67.4 Å². The SMILES string of the molecule is C#Cc1ccc(C2CCN(C(=O)OC(C)(C)C)CC2)cc1.CC(C)(C)OC(=O)N1CCC(c2ccc(C#C[Si](C)(C)C)cc2)CC1. The van der Waals surface area contributed by atoms with Crippen LogP contribution in [0.5, 0.6) is 0 Å². The first-order valence-corrected chi connectivity index (χ1v) is 20.1. The third kappa shape index (κ3) is 12.6. The molecule has 2 aliphatic heterocycles. The average molecular weight is 643 g/mol. The Hall–Kier alpha value is -3.68. The van der Waals surface area contributed by atoms with Crippen LogP contribution in [0.4, 0.5) is 9.59 Å². The molecule has 2 aromatic carbocycles. The Morgan fingerprint density at radius 3 is 1.33 bits per heavy atom. The smallest absolute Gasteiger partial charge is 0.410 e. The number of hydrogen-bond donors (Lipinski definition) is 0. The van der Waals surface area contributed by atoms with Crippen LogP contribution in [0, 0.1) is 23.8 Å². The normalized spacial score (nSPS) is 16.3. The summed E-state index contributed by atoms with van der Waals surface area (Å²) in [6, 6.07) is 16.8. The maximum atomic E-state index is 12.1. The molecule has 0 radical (unpaired) electrons. The zero-order valence-corrected chi connectivity index (χ0v) is 30.5. The molecule has 0 saturated carbocycles. The topological polar surface area (TPSA) is 59.1 Å². The van der Waals surface area contributed by atoms with E-state index in [0.717, 1.165) is 63.0 Å². The van der Waals surface area contributed by atoms with Crippen LogP contribution < -0.4 is 0 Å². The quantitative estimate of drug-likeness (QED) is 0.243. The monoisotopic (exact) mass is 642 g/mol. The first-order chi connectivity index (χ1) is 21.4. The van der Waals surface area contributed by atoms with E-state index >= 15 is 0 Å². The van der Waals surface area contributed by atoms with Gasteiger partial charge in [0.15, 0.2) is 0 Å². The highest BCUT2D eigenvalue weighted by atomic mass is 28.3. The second kappa shape index (κ2) is 15.7. The van der Waals surface area contributed by atoms with Gasteiger partial charge in [0, 0.05) is 37.3 Å². The number of hydrogen-bond acceptors (Lipinski definition) is 4. The van der Waals surface area contributed by atoms with Gasteiger partial charge in [0.2, 0.25) is 0 Å². The van der Waals surface area contributed by atoms with E-state index in [1.54, 1.807) is 4.90 Å². The molecule has 0 unspecified atom stereocenters. The fraction of sp³-hybridized carbons (Fsp3) is 0.538. The number of nitrogens with zero attached hydrogens (tertiary/aromatic N) is 2. The molecule has 6 nitrogen and oxygen atoms in total. The predicted octanol–water partition coefficient (Wildman–Crippen LogP) is 8.81. The fourth-order valence-corrected chi connectivity index (χ4v) is 5.91. The number of terminal acetylenes is 1. The van der Waals surface area contributed by atoms with Gasteiger partial charge in [-0.15, -0.1) is 12.0 Å². The van der Waals surface area contributed by atoms with E-state index in [0.29, 0.717) is 11.8 Å². The Kier molecular flexibility index (Phi) is 12.6.